The summed E-state index contributed by atoms with van der Waals surface area (Å²) in [4.78, 5) is 7.39. The molecule has 2 aromatic heterocycles. The number of halogens is 1. The van der Waals surface area contributed by atoms with Crippen LogP contribution in [0, 0.1) is 5.82 Å². The lowest BCUT2D eigenvalue weighted by atomic mass is 10.1. The lowest BCUT2D eigenvalue weighted by Crippen LogP contribution is -2.47. The molecule has 184 valence electrons. The molecule has 0 unspecified atom stereocenters. The first-order valence-electron chi connectivity index (χ1n) is 12.6. The number of benzene rings is 1. The quantitative estimate of drug-likeness (QED) is 0.414. The van der Waals surface area contributed by atoms with Gasteiger partial charge in [-0.25, -0.2) is 9.07 Å². The van der Waals surface area contributed by atoms with Crippen molar-refractivity contribution in [3.05, 3.63) is 65.5 Å². The van der Waals surface area contributed by atoms with Gasteiger partial charge in [0.1, 0.15) is 11.6 Å². The Hall–Kier alpha value is -2.64. The molecule has 0 amide bonds. The number of anilines is 1. The van der Waals surface area contributed by atoms with Gasteiger partial charge in [0.25, 0.3) is 0 Å². The van der Waals surface area contributed by atoms with E-state index in [4.69, 9.17) is 9.52 Å². The number of nitrogens with zero attached hydrogens (tertiary/aromatic N) is 5. The molecule has 0 atom stereocenters. The number of aryl methyl sites for hydroxylation is 1. The maximum Gasteiger partial charge on any atom is 0.137 e. The van der Waals surface area contributed by atoms with Crippen LogP contribution in [-0.2, 0) is 19.5 Å². The molecule has 1 aromatic carbocycles. The molecule has 0 spiro atoms. The summed E-state index contributed by atoms with van der Waals surface area (Å²) in [5.41, 5.74) is 4.31. The molecule has 0 aliphatic carbocycles. The van der Waals surface area contributed by atoms with Crippen LogP contribution >= 0.6 is 0 Å². The Bertz CT molecular complexity index is 1040. The minimum Gasteiger partial charge on any atom is -0.472 e. The number of likely N-dealkylation sites (N-methyl/N-ethyl adjacent to an activating group) is 1. The highest BCUT2D eigenvalue weighted by atomic mass is 19.1. The molecule has 34 heavy (non-hydrogen) atoms. The van der Waals surface area contributed by atoms with Crippen molar-refractivity contribution in [2.24, 2.45) is 0 Å². The molecule has 0 N–H and O–H groups in total. The van der Waals surface area contributed by atoms with Crippen LogP contribution in [0.1, 0.15) is 50.9 Å². The van der Waals surface area contributed by atoms with Gasteiger partial charge in [0.15, 0.2) is 0 Å². The van der Waals surface area contributed by atoms with E-state index in [1.807, 2.05) is 23.1 Å². The van der Waals surface area contributed by atoms with Gasteiger partial charge in [0, 0.05) is 56.4 Å². The molecule has 3 heterocycles. The first-order valence-corrected chi connectivity index (χ1v) is 12.6. The topological polar surface area (TPSA) is 40.7 Å². The Labute approximate surface area is 202 Å². The zero-order valence-electron chi connectivity index (χ0n) is 21.0. The van der Waals surface area contributed by atoms with Gasteiger partial charge in [-0.3, -0.25) is 4.90 Å². The molecular weight excluding hydrogens is 429 g/mol. The Morgan fingerprint density at radius 3 is 2.50 bits per heavy atom. The summed E-state index contributed by atoms with van der Waals surface area (Å²) < 4.78 is 21.5. The number of hydrogen-bond donors (Lipinski definition) is 0. The van der Waals surface area contributed by atoms with Gasteiger partial charge < -0.3 is 14.2 Å². The van der Waals surface area contributed by atoms with Crippen molar-refractivity contribution < 1.29 is 8.81 Å². The van der Waals surface area contributed by atoms with Crippen molar-refractivity contribution in [3.8, 4) is 5.69 Å². The first kappa shape index (κ1) is 24.5. The average molecular weight is 468 g/mol. The largest absolute Gasteiger partial charge is 0.472 e. The van der Waals surface area contributed by atoms with E-state index in [0.717, 1.165) is 75.9 Å². The number of aromatic nitrogens is 2. The zero-order valence-corrected chi connectivity index (χ0v) is 21.0. The smallest absolute Gasteiger partial charge is 0.137 e. The zero-order chi connectivity index (χ0) is 24.1. The maximum absolute atomic E-state index is 14.2. The Morgan fingerprint density at radius 1 is 1.09 bits per heavy atom. The average Bonchev–Trinajstić information content (AvgIpc) is 3.47. The number of hydrogen-bond acceptors (Lipinski definition) is 5. The minimum atomic E-state index is -0.239. The van der Waals surface area contributed by atoms with Gasteiger partial charge in [0.2, 0.25) is 0 Å². The van der Waals surface area contributed by atoms with Gasteiger partial charge in [-0.1, -0.05) is 26.3 Å². The lowest BCUT2D eigenvalue weighted by Gasteiger charge is -2.36. The van der Waals surface area contributed by atoms with E-state index in [-0.39, 0.29) is 5.82 Å². The number of furan rings is 1. The van der Waals surface area contributed by atoms with Crippen LogP contribution in [0.3, 0.4) is 0 Å². The van der Waals surface area contributed by atoms with Crippen LogP contribution in [0.4, 0.5) is 10.2 Å². The molecule has 7 heteroatoms. The van der Waals surface area contributed by atoms with E-state index in [1.165, 1.54) is 17.2 Å². The summed E-state index contributed by atoms with van der Waals surface area (Å²) in [7, 11) is 0. The van der Waals surface area contributed by atoms with Crippen LogP contribution in [-0.4, -0.2) is 58.3 Å². The predicted molar refractivity (Wildman–Crippen MR) is 135 cm³/mol. The first-order chi connectivity index (χ1) is 16.5. The summed E-state index contributed by atoms with van der Waals surface area (Å²) in [6.07, 6.45) is 5.47. The Morgan fingerprint density at radius 2 is 1.88 bits per heavy atom. The van der Waals surface area contributed by atoms with Crippen molar-refractivity contribution >= 4 is 5.82 Å². The second-order valence-electron chi connectivity index (χ2n) is 9.44. The van der Waals surface area contributed by atoms with Crippen molar-refractivity contribution in [2.75, 3.05) is 37.6 Å². The van der Waals surface area contributed by atoms with Crippen LogP contribution in [0.15, 0.2) is 47.3 Å². The van der Waals surface area contributed by atoms with E-state index in [1.54, 1.807) is 18.4 Å². The van der Waals surface area contributed by atoms with Crippen molar-refractivity contribution in [3.63, 3.8) is 0 Å². The Balaban J connectivity index is 1.77. The molecule has 1 aliphatic heterocycles. The summed E-state index contributed by atoms with van der Waals surface area (Å²) in [6.45, 7) is 15.5. The predicted octanol–water partition coefficient (Wildman–Crippen LogP) is 5.11. The standard InChI is InChI=1S/C27H38FN5O/c1-5-8-26-25(19-32(21(3)4)18-22-11-16-34-20-22)27(31-14-12-30(6-2)13-15-31)33(29-26)24-10-7-9-23(28)17-24/h7,9-11,16-17,20-21H,5-6,8,12-15,18-19H2,1-4H3. The number of piperazine rings is 1. The molecule has 0 radical (unpaired) electrons. The normalized spacial score (nSPS) is 15.1. The fourth-order valence-corrected chi connectivity index (χ4v) is 4.71. The molecule has 0 bridgehead atoms. The SMILES string of the molecule is CCCc1nn(-c2cccc(F)c2)c(N2CCN(CC)CC2)c1CN(Cc1ccoc1)C(C)C. The Kier molecular flexibility index (Phi) is 8.06. The van der Waals surface area contributed by atoms with Crippen molar-refractivity contribution in [1.29, 1.82) is 0 Å². The van der Waals surface area contributed by atoms with Gasteiger partial charge in [-0.2, -0.15) is 5.10 Å². The van der Waals surface area contributed by atoms with Crippen LogP contribution in [0.2, 0.25) is 0 Å². The molecule has 3 aromatic rings. The third-order valence-corrected chi connectivity index (χ3v) is 6.76. The van der Waals surface area contributed by atoms with E-state index in [0.29, 0.717) is 6.04 Å². The fourth-order valence-electron chi connectivity index (χ4n) is 4.71. The molecule has 4 rings (SSSR count). The molecule has 1 saturated heterocycles. The summed E-state index contributed by atoms with van der Waals surface area (Å²) in [5, 5.41) is 5.08. The molecule has 6 nitrogen and oxygen atoms in total. The summed E-state index contributed by atoms with van der Waals surface area (Å²) in [6, 6.07) is 9.18. The third-order valence-electron chi connectivity index (χ3n) is 6.76. The second kappa shape index (κ2) is 11.2. The van der Waals surface area contributed by atoms with E-state index >= 15 is 0 Å². The molecular formula is C27H38FN5O. The van der Waals surface area contributed by atoms with E-state index in [9.17, 15) is 4.39 Å². The van der Waals surface area contributed by atoms with Crippen LogP contribution in [0.25, 0.3) is 5.69 Å². The van der Waals surface area contributed by atoms with E-state index < -0.39 is 0 Å². The van der Waals surface area contributed by atoms with Crippen molar-refractivity contribution in [2.45, 2.75) is 59.7 Å². The monoisotopic (exact) mass is 467 g/mol. The minimum absolute atomic E-state index is 0.239. The second-order valence-corrected chi connectivity index (χ2v) is 9.44. The highest BCUT2D eigenvalue weighted by molar-refractivity contribution is 5.56. The summed E-state index contributed by atoms with van der Waals surface area (Å²) in [5.74, 6) is 0.875. The van der Waals surface area contributed by atoms with Crippen LogP contribution in [0.5, 0.6) is 0 Å². The maximum atomic E-state index is 14.2. The molecule has 1 aliphatic rings. The van der Waals surface area contributed by atoms with Crippen LogP contribution < -0.4 is 4.90 Å². The highest BCUT2D eigenvalue weighted by Crippen LogP contribution is 2.32. The third kappa shape index (κ3) is 5.53. The highest BCUT2D eigenvalue weighted by Gasteiger charge is 2.28. The van der Waals surface area contributed by atoms with E-state index in [2.05, 4.69) is 42.4 Å². The molecule has 0 saturated carbocycles. The van der Waals surface area contributed by atoms with Gasteiger partial charge >= 0.3 is 0 Å². The van der Waals surface area contributed by atoms with Gasteiger partial charge in [-0.05, 0) is 51.1 Å². The van der Waals surface area contributed by atoms with Gasteiger partial charge in [-0.15, -0.1) is 0 Å². The molecule has 1 fully saturated rings. The fraction of sp³-hybridized carbons (Fsp3) is 0.519. The summed E-state index contributed by atoms with van der Waals surface area (Å²) >= 11 is 0. The van der Waals surface area contributed by atoms with Crippen molar-refractivity contribution in [1.82, 2.24) is 19.6 Å². The lowest BCUT2D eigenvalue weighted by molar-refractivity contribution is 0.202. The number of rotatable bonds is 10. The van der Waals surface area contributed by atoms with Gasteiger partial charge in [0.05, 0.1) is 23.9 Å².